The molecule has 0 unspecified atom stereocenters. The second-order valence-electron chi connectivity index (χ2n) is 6.44. The highest BCUT2D eigenvalue weighted by atomic mass is 32.2. The first kappa shape index (κ1) is 19.5. The molecule has 146 valence electrons. The lowest BCUT2D eigenvalue weighted by molar-refractivity contribution is -0.918. The highest BCUT2D eigenvalue weighted by molar-refractivity contribution is 7.89. The maximum absolute atomic E-state index is 13.9. The zero-order valence-corrected chi connectivity index (χ0v) is 16.0. The smallest absolute Gasteiger partial charge is 0.341 e. The summed E-state index contributed by atoms with van der Waals surface area (Å²) in [6.07, 6.45) is 0. The molecule has 1 saturated heterocycles. The molecule has 9 heteroatoms. The molecule has 0 saturated carbocycles. The summed E-state index contributed by atoms with van der Waals surface area (Å²) >= 11 is 0. The van der Waals surface area contributed by atoms with Crippen molar-refractivity contribution in [3.63, 3.8) is 0 Å². The van der Waals surface area contributed by atoms with E-state index in [9.17, 15) is 17.6 Å². The van der Waals surface area contributed by atoms with E-state index in [-0.39, 0.29) is 18.0 Å². The van der Waals surface area contributed by atoms with Gasteiger partial charge in [-0.1, -0.05) is 12.1 Å². The van der Waals surface area contributed by atoms with Gasteiger partial charge in [0.2, 0.25) is 10.0 Å². The van der Waals surface area contributed by atoms with E-state index in [0.29, 0.717) is 36.7 Å². The summed E-state index contributed by atoms with van der Waals surface area (Å²) in [6, 6.07) is 7.06. The molecule has 0 atom stereocenters. The number of hydrogen-bond acceptors (Lipinski definition) is 5. The zero-order valence-electron chi connectivity index (χ0n) is 15.2. The van der Waals surface area contributed by atoms with Crippen LogP contribution in [0.4, 0.5) is 4.39 Å². The van der Waals surface area contributed by atoms with Gasteiger partial charge in [-0.15, -0.1) is 0 Å². The van der Waals surface area contributed by atoms with E-state index in [2.05, 4.69) is 0 Å². The molecule has 1 aromatic heterocycles. The Morgan fingerprint density at radius 3 is 2.59 bits per heavy atom. The lowest BCUT2D eigenvalue weighted by Gasteiger charge is -2.31. The molecule has 1 aliphatic rings. The van der Waals surface area contributed by atoms with E-state index in [0.717, 1.165) is 11.0 Å². The van der Waals surface area contributed by atoms with E-state index in [1.54, 1.807) is 13.0 Å². The van der Waals surface area contributed by atoms with Crippen molar-refractivity contribution in [2.75, 3.05) is 33.3 Å². The maximum Gasteiger partial charge on any atom is 0.341 e. The Hall–Kier alpha value is -2.23. The molecule has 1 N–H and O–H groups in total. The molecule has 7 nitrogen and oxygen atoms in total. The summed E-state index contributed by atoms with van der Waals surface area (Å²) in [7, 11) is -2.53. The number of methoxy groups -OCH3 is 1. The van der Waals surface area contributed by atoms with Crippen LogP contribution in [0, 0.1) is 12.7 Å². The zero-order chi connectivity index (χ0) is 19.6. The van der Waals surface area contributed by atoms with Crippen molar-refractivity contribution in [2.24, 2.45) is 0 Å². The molecule has 2 aromatic rings. The molecule has 0 spiro atoms. The molecular weight excluding hydrogens is 375 g/mol. The number of quaternary nitrogens is 1. The quantitative estimate of drug-likeness (QED) is 0.748. The minimum atomic E-state index is -3.85. The van der Waals surface area contributed by atoms with Gasteiger partial charge >= 0.3 is 5.97 Å². The minimum Gasteiger partial charge on any atom is -0.465 e. The molecule has 2 heterocycles. The second-order valence-corrected chi connectivity index (χ2v) is 8.34. The highest BCUT2D eigenvalue weighted by Crippen LogP contribution is 2.19. The molecular formula is C18H22FN2O5S+. The fourth-order valence-electron chi connectivity index (χ4n) is 3.20. The first-order valence-electron chi connectivity index (χ1n) is 8.59. The normalized spacial score (nSPS) is 16.4. The van der Waals surface area contributed by atoms with Crippen molar-refractivity contribution in [1.29, 1.82) is 0 Å². The number of furan rings is 1. The Morgan fingerprint density at radius 2 is 1.96 bits per heavy atom. The van der Waals surface area contributed by atoms with Crippen LogP contribution in [0.1, 0.15) is 21.9 Å². The number of esters is 1. The number of sulfonamides is 1. The van der Waals surface area contributed by atoms with Gasteiger partial charge in [-0.05, 0) is 19.1 Å². The predicted molar refractivity (Wildman–Crippen MR) is 94.3 cm³/mol. The number of aryl methyl sites for hydroxylation is 1. The third-order valence-electron chi connectivity index (χ3n) is 4.68. The van der Waals surface area contributed by atoms with E-state index >= 15 is 0 Å². The van der Waals surface area contributed by atoms with Gasteiger partial charge in [-0.3, -0.25) is 0 Å². The number of hydrogen-bond donors (Lipinski definition) is 1. The van der Waals surface area contributed by atoms with Crippen LogP contribution in [0.5, 0.6) is 0 Å². The highest BCUT2D eigenvalue weighted by Gasteiger charge is 2.32. The number of carbonyl (C=O) groups excluding carboxylic acids is 1. The number of nitrogens with one attached hydrogen (secondary N) is 1. The Bertz CT molecular complexity index is 933. The summed E-state index contributed by atoms with van der Waals surface area (Å²) in [6.45, 7) is 3.92. The topological polar surface area (TPSA) is 81.3 Å². The fourth-order valence-corrected chi connectivity index (χ4v) is 4.71. The van der Waals surface area contributed by atoms with Crippen molar-refractivity contribution >= 4 is 16.0 Å². The van der Waals surface area contributed by atoms with Crippen molar-refractivity contribution < 1.29 is 31.7 Å². The molecule has 3 rings (SSSR count). The number of carbonyl (C=O) groups is 1. The van der Waals surface area contributed by atoms with E-state index < -0.39 is 21.8 Å². The Kier molecular flexibility index (Phi) is 5.64. The molecule has 0 bridgehead atoms. The van der Waals surface area contributed by atoms with Gasteiger partial charge in [0.05, 0.1) is 33.3 Å². The van der Waals surface area contributed by atoms with Crippen molar-refractivity contribution in [1.82, 2.24) is 4.31 Å². The molecule has 0 aliphatic carbocycles. The van der Waals surface area contributed by atoms with Crippen molar-refractivity contribution in [3.8, 4) is 0 Å². The number of benzene rings is 1. The maximum atomic E-state index is 13.9. The van der Waals surface area contributed by atoms with E-state index in [4.69, 9.17) is 9.15 Å². The van der Waals surface area contributed by atoms with Crippen LogP contribution >= 0.6 is 0 Å². The number of ether oxygens (including phenoxy) is 1. The molecule has 1 aliphatic heterocycles. The summed E-state index contributed by atoms with van der Waals surface area (Å²) < 4.78 is 50.8. The monoisotopic (exact) mass is 397 g/mol. The van der Waals surface area contributed by atoms with Crippen LogP contribution in [0.3, 0.4) is 0 Å². The number of piperazine rings is 1. The Labute approximate surface area is 157 Å². The van der Waals surface area contributed by atoms with Crippen LogP contribution in [0.15, 0.2) is 39.6 Å². The average Bonchev–Trinajstić information content (AvgIpc) is 3.02. The Morgan fingerprint density at radius 1 is 1.30 bits per heavy atom. The first-order chi connectivity index (χ1) is 12.8. The summed E-state index contributed by atoms with van der Waals surface area (Å²) in [5, 5.41) is 0. The third-order valence-corrected chi connectivity index (χ3v) is 6.61. The summed E-state index contributed by atoms with van der Waals surface area (Å²) in [5.74, 6) is -0.0442. The molecule has 27 heavy (non-hydrogen) atoms. The lowest BCUT2D eigenvalue weighted by Crippen LogP contribution is -3.13. The predicted octanol–water partition coefficient (Wildman–Crippen LogP) is 0.603. The lowest BCUT2D eigenvalue weighted by atomic mass is 10.2. The first-order valence-corrected chi connectivity index (χ1v) is 10.0. The summed E-state index contributed by atoms with van der Waals surface area (Å²) in [5.41, 5.74) is 0.396. The Balaban J connectivity index is 1.64. The van der Waals surface area contributed by atoms with Gasteiger partial charge < -0.3 is 14.1 Å². The minimum absolute atomic E-state index is 0.287. The number of rotatable bonds is 5. The van der Waals surface area contributed by atoms with Crippen LogP contribution in [0.2, 0.25) is 0 Å². The summed E-state index contributed by atoms with van der Waals surface area (Å²) in [4.78, 5) is 12.5. The van der Waals surface area contributed by atoms with Crippen LogP contribution in [-0.2, 0) is 21.3 Å². The van der Waals surface area contributed by atoms with Crippen LogP contribution < -0.4 is 4.90 Å². The molecule has 1 fully saturated rings. The third kappa shape index (κ3) is 4.05. The average molecular weight is 397 g/mol. The second kappa shape index (κ2) is 7.79. The van der Waals surface area contributed by atoms with Gasteiger partial charge in [-0.2, -0.15) is 4.31 Å². The van der Waals surface area contributed by atoms with Gasteiger partial charge in [0.15, 0.2) is 5.76 Å². The van der Waals surface area contributed by atoms with Crippen LogP contribution in [0.25, 0.3) is 0 Å². The SMILES string of the molecule is COC(=O)c1cc(C[NH+]2CCN(S(=O)(=O)c3ccccc3F)CC2)oc1C. The van der Waals surface area contributed by atoms with Gasteiger partial charge in [0.25, 0.3) is 0 Å². The van der Waals surface area contributed by atoms with Gasteiger partial charge in [-0.25, -0.2) is 17.6 Å². The largest absolute Gasteiger partial charge is 0.465 e. The van der Waals surface area contributed by atoms with Crippen molar-refractivity contribution in [2.45, 2.75) is 18.4 Å². The fraction of sp³-hybridized carbons (Fsp3) is 0.389. The van der Waals surface area contributed by atoms with Crippen LogP contribution in [-0.4, -0.2) is 52.0 Å². The van der Waals surface area contributed by atoms with Gasteiger partial charge in [0, 0.05) is 6.07 Å². The molecule has 0 amide bonds. The standard InChI is InChI=1S/C18H21FN2O5S/c1-13-15(18(22)25-2)11-14(26-13)12-20-7-9-21(10-8-20)27(23,24)17-6-4-3-5-16(17)19/h3-6,11H,7-10,12H2,1-2H3/p+1. The molecule has 1 aromatic carbocycles. The van der Waals surface area contributed by atoms with E-state index in [1.807, 2.05) is 0 Å². The number of halogens is 1. The van der Waals surface area contributed by atoms with Gasteiger partial charge in [0.1, 0.15) is 28.6 Å². The molecule has 0 radical (unpaired) electrons. The van der Waals surface area contributed by atoms with Crippen molar-refractivity contribution in [3.05, 3.63) is 53.2 Å². The van der Waals surface area contributed by atoms with E-state index in [1.165, 1.54) is 29.6 Å². The number of nitrogens with zero attached hydrogens (tertiary/aromatic N) is 1.